The molecule has 2 aromatic rings. The van der Waals surface area contributed by atoms with Crippen LogP contribution < -0.4 is 10.9 Å². The van der Waals surface area contributed by atoms with Gasteiger partial charge in [0, 0.05) is 6.54 Å². The van der Waals surface area contributed by atoms with Gasteiger partial charge in [-0.3, -0.25) is 9.59 Å². The second-order valence-electron chi connectivity index (χ2n) is 5.32. The Balaban J connectivity index is 2.33. The molecule has 0 unspecified atom stereocenters. The van der Waals surface area contributed by atoms with E-state index in [2.05, 4.69) is 5.32 Å². The maximum absolute atomic E-state index is 12.1. The summed E-state index contributed by atoms with van der Waals surface area (Å²) in [7, 11) is 0. The Kier molecular flexibility index (Phi) is 4.68. The van der Waals surface area contributed by atoms with Gasteiger partial charge >= 0.3 is 11.6 Å². The number of hydrogen-bond donors (Lipinski definition) is 3. The fourth-order valence-corrected chi connectivity index (χ4v) is 2.39. The first-order valence-corrected chi connectivity index (χ1v) is 7.04. The van der Waals surface area contributed by atoms with Crippen molar-refractivity contribution in [1.82, 2.24) is 5.32 Å². The van der Waals surface area contributed by atoms with Crippen LogP contribution in [0.2, 0.25) is 0 Å². The van der Waals surface area contributed by atoms with E-state index in [1.165, 1.54) is 0 Å². The van der Waals surface area contributed by atoms with Gasteiger partial charge in [-0.2, -0.15) is 0 Å². The van der Waals surface area contributed by atoms with Crippen molar-refractivity contribution in [3.63, 3.8) is 0 Å². The summed E-state index contributed by atoms with van der Waals surface area (Å²) >= 11 is 0. The molecule has 0 atom stereocenters. The molecule has 1 heterocycles. The van der Waals surface area contributed by atoms with Gasteiger partial charge in [0.05, 0.1) is 23.8 Å². The molecule has 122 valence electrons. The second-order valence-corrected chi connectivity index (χ2v) is 5.32. The third-order valence-corrected chi connectivity index (χ3v) is 3.50. The van der Waals surface area contributed by atoms with Crippen molar-refractivity contribution in [2.75, 3.05) is 6.54 Å². The summed E-state index contributed by atoms with van der Waals surface area (Å²) < 4.78 is 5.19. The summed E-state index contributed by atoms with van der Waals surface area (Å²) in [5.41, 5.74) is 0.983. The first-order valence-electron chi connectivity index (χ1n) is 7.04. The van der Waals surface area contributed by atoms with Gasteiger partial charge in [0.15, 0.2) is 0 Å². The van der Waals surface area contributed by atoms with Crippen LogP contribution in [0.5, 0.6) is 5.75 Å². The van der Waals surface area contributed by atoms with Gasteiger partial charge in [-0.15, -0.1) is 0 Å². The van der Waals surface area contributed by atoms with Crippen molar-refractivity contribution in [3.05, 3.63) is 39.2 Å². The molecule has 7 nitrogen and oxygen atoms in total. The molecule has 23 heavy (non-hydrogen) atoms. The largest absolute Gasteiger partial charge is 0.507 e. The molecule has 7 heteroatoms. The summed E-state index contributed by atoms with van der Waals surface area (Å²) in [6.07, 6.45) is -0.436. The van der Waals surface area contributed by atoms with Gasteiger partial charge in [0.2, 0.25) is 5.91 Å². The van der Waals surface area contributed by atoms with Gasteiger partial charge < -0.3 is 19.9 Å². The maximum Gasteiger partial charge on any atom is 0.340 e. The molecule has 0 aliphatic heterocycles. The van der Waals surface area contributed by atoms with Crippen LogP contribution in [0.3, 0.4) is 0 Å². The SMILES string of the molecule is Cc1cc(O)c2c(C)c(CC(=O)NCCC(=O)O)c(=O)oc2c1. The number of fused-ring (bicyclic) bond motifs is 1. The van der Waals surface area contributed by atoms with Crippen molar-refractivity contribution in [2.45, 2.75) is 26.7 Å². The third kappa shape index (κ3) is 3.68. The van der Waals surface area contributed by atoms with Crippen LogP contribution in [0, 0.1) is 13.8 Å². The van der Waals surface area contributed by atoms with Crippen molar-refractivity contribution in [3.8, 4) is 5.75 Å². The molecule has 0 radical (unpaired) electrons. The number of aryl methyl sites for hydroxylation is 2. The summed E-state index contributed by atoms with van der Waals surface area (Å²) in [5.74, 6) is -1.52. The standard InChI is InChI=1S/C16H17NO6/c1-8-5-11(18)15-9(2)10(16(22)23-12(15)6-8)7-13(19)17-4-3-14(20)21/h5-6,18H,3-4,7H2,1-2H3,(H,17,19)(H,20,21). The minimum Gasteiger partial charge on any atom is -0.507 e. The van der Waals surface area contributed by atoms with Crippen molar-refractivity contribution >= 4 is 22.8 Å². The monoisotopic (exact) mass is 319 g/mol. The summed E-state index contributed by atoms with van der Waals surface area (Å²) in [5, 5.41) is 21.4. The first kappa shape index (κ1) is 16.5. The van der Waals surface area contributed by atoms with Gasteiger partial charge in [-0.05, 0) is 37.1 Å². The average Bonchev–Trinajstić information content (AvgIpc) is 2.41. The molecule has 2 rings (SSSR count). The van der Waals surface area contributed by atoms with E-state index < -0.39 is 17.5 Å². The third-order valence-electron chi connectivity index (χ3n) is 3.50. The lowest BCUT2D eigenvalue weighted by Crippen LogP contribution is -2.29. The van der Waals surface area contributed by atoms with Crippen molar-refractivity contribution in [2.24, 2.45) is 0 Å². The van der Waals surface area contributed by atoms with E-state index >= 15 is 0 Å². The molecular formula is C16H17NO6. The zero-order chi connectivity index (χ0) is 17.1. The number of carbonyl (C=O) groups is 2. The summed E-state index contributed by atoms with van der Waals surface area (Å²) in [6.45, 7) is 3.38. The Morgan fingerprint density at radius 2 is 1.96 bits per heavy atom. The number of nitrogens with one attached hydrogen (secondary N) is 1. The van der Waals surface area contributed by atoms with Crippen LogP contribution in [0.1, 0.15) is 23.1 Å². The van der Waals surface area contributed by atoms with Crippen LogP contribution >= 0.6 is 0 Å². The molecule has 0 saturated carbocycles. The van der Waals surface area contributed by atoms with Gasteiger partial charge in [-0.25, -0.2) is 4.79 Å². The predicted molar refractivity (Wildman–Crippen MR) is 82.6 cm³/mol. The zero-order valence-corrected chi connectivity index (χ0v) is 12.8. The van der Waals surface area contributed by atoms with E-state index in [1.54, 1.807) is 26.0 Å². The Hall–Kier alpha value is -2.83. The lowest BCUT2D eigenvalue weighted by Gasteiger charge is -2.10. The summed E-state index contributed by atoms with van der Waals surface area (Å²) in [4.78, 5) is 34.3. The average molecular weight is 319 g/mol. The van der Waals surface area contributed by atoms with Crippen LogP contribution in [0.15, 0.2) is 21.3 Å². The highest BCUT2D eigenvalue weighted by atomic mass is 16.4. The number of phenolic OH excluding ortho intramolecular Hbond substituents is 1. The number of aromatic hydroxyl groups is 1. The number of aliphatic carboxylic acids is 1. The fourth-order valence-electron chi connectivity index (χ4n) is 2.39. The molecule has 0 bridgehead atoms. The van der Waals surface area contributed by atoms with Crippen LogP contribution in [-0.2, 0) is 16.0 Å². The Morgan fingerprint density at radius 1 is 1.26 bits per heavy atom. The Morgan fingerprint density at radius 3 is 2.61 bits per heavy atom. The molecule has 0 aliphatic carbocycles. The molecule has 0 aliphatic rings. The Labute approximate surface area is 131 Å². The van der Waals surface area contributed by atoms with E-state index in [0.29, 0.717) is 10.9 Å². The normalized spacial score (nSPS) is 10.7. The number of hydrogen-bond acceptors (Lipinski definition) is 5. The number of carboxylic acid groups (broad SMARTS) is 1. The van der Waals surface area contributed by atoms with E-state index in [9.17, 15) is 19.5 Å². The lowest BCUT2D eigenvalue weighted by molar-refractivity contribution is -0.136. The van der Waals surface area contributed by atoms with E-state index in [-0.39, 0.29) is 36.3 Å². The number of amides is 1. The van der Waals surface area contributed by atoms with Gasteiger partial charge in [0.25, 0.3) is 0 Å². The molecule has 3 N–H and O–H groups in total. The number of phenols is 1. The number of rotatable bonds is 5. The fraction of sp³-hybridized carbons (Fsp3) is 0.312. The minimum absolute atomic E-state index is 0.0173. The van der Waals surface area contributed by atoms with E-state index in [0.717, 1.165) is 5.56 Å². The van der Waals surface area contributed by atoms with Gasteiger partial charge in [-0.1, -0.05) is 0 Å². The van der Waals surface area contributed by atoms with Crippen LogP contribution in [0.4, 0.5) is 0 Å². The molecule has 1 aromatic heterocycles. The molecule has 0 spiro atoms. The van der Waals surface area contributed by atoms with Crippen LogP contribution in [0.25, 0.3) is 11.0 Å². The number of carbonyl (C=O) groups excluding carboxylic acids is 1. The number of carboxylic acids is 1. The number of benzene rings is 1. The first-order chi connectivity index (χ1) is 10.8. The van der Waals surface area contributed by atoms with Gasteiger partial charge in [0.1, 0.15) is 11.3 Å². The predicted octanol–water partition coefficient (Wildman–Crippen LogP) is 1.25. The van der Waals surface area contributed by atoms with E-state index in [4.69, 9.17) is 9.52 Å². The molecular weight excluding hydrogens is 302 g/mol. The van der Waals surface area contributed by atoms with Crippen molar-refractivity contribution < 1.29 is 24.2 Å². The maximum atomic E-state index is 12.1. The molecule has 0 saturated heterocycles. The Bertz CT molecular complexity index is 837. The molecule has 1 aromatic carbocycles. The lowest BCUT2D eigenvalue weighted by atomic mass is 10.0. The smallest absolute Gasteiger partial charge is 0.340 e. The second kappa shape index (κ2) is 6.51. The molecule has 0 fully saturated rings. The molecule has 1 amide bonds. The minimum atomic E-state index is -1.02. The highest BCUT2D eigenvalue weighted by Crippen LogP contribution is 2.29. The van der Waals surface area contributed by atoms with Crippen molar-refractivity contribution in [1.29, 1.82) is 0 Å². The van der Waals surface area contributed by atoms with E-state index in [1.807, 2.05) is 0 Å². The quantitative estimate of drug-likeness (QED) is 0.714. The zero-order valence-electron chi connectivity index (χ0n) is 12.8. The highest BCUT2D eigenvalue weighted by molar-refractivity contribution is 5.89. The highest BCUT2D eigenvalue weighted by Gasteiger charge is 2.17. The topological polar surface area (TPSA) is 117 Å². The summed E-state index contributed by atoms with van der Waals surface area (Å²) in [6, 6.07) is 3.19. The van der Waals surface area contributed by atoms with Crippen LogP contribution in [-0.4, -0.2) is 28.6 Å².